The van der Waals surface area contributed by atoms with E-state index in [0.717, 1.165) is 16.7 Å². The van der Waals surface area contributed by atoms with E-state index >= 15 is 0 Å². The molecule has 0 bridgehead atoms. The van der Waals surface area contributed by atoms with Crippen LogP contribution in [-0.2, 0) is 16.1 Å². The number of hydrogen-bond acceptors (Lipinski definition) is 4. The molecule has 1 aromatic carbocycles. The number of carboxylic acid groups (broad SMARTS) is 1. The Bertz CT molecular complexity index is 818. The molecule has 0 saturated heterocycles. The molecule has 138 valence electrons. The average molecular weight is 378 g/mol. The molecule has 0 spiro atoms. The second-order valence-corrected chi connectivity index (χ2v) is 6.21. The van der Waals surface area contributed by atoms with Crippen molar-refractivity contribution in [3.8, 4) is 11.3 Å². The minimum absolute atomic E-state index is 0.130. The minimum atomic E-state index is -0.819. The van der Waals surface area contributed by atoms with Gasteiger partial charge in [-0.3, -0.25) is 14.4 Å². The van der Waals surface area contributed by atoms with Crippen molar-refractivity contribution in [1.82, 2.24) is 15.1 Å². The number of carbonyl (C=O) groups excluding carboxylic acids is 1. The van der Waals surface area contributed by atoms with Crippen LogP contribution in [0.5, 0.6) is 0 Å². The maximum Gasteiger partial charge on any atom is 0.303 e. The number of carboxylic acids is 1. The summed E-state index contributed by atoms with van der Waals surface area (Å²) in [7, 11) is 0. The molecule has 1 amide bonds. The van der Waals surface area contributed by atoms with Gasteiger partial charge in [0, 0.05) is 29.6 Å². The van der Waals surface area contributed by atoms with Crippen LogP contribution in [0.4, 0.5) is 0 Å². The van der Waals surface area contributed by atoms with E-state index in [1.165, 1.54) is 6.07 Å². The number of aliphatic carboxylic acids is 1. The Morgan fingerprint density at radius 1 is 1.08 bits per heavy atom. The number of amides is 1. The first kappa shape index (κ1) is 19.7. The van der Waals surface area contributed by atoms with Gasteiger partial charge in [0.15, 0.2) is 0 Å². The highest BCUT2D eigenvalue weighted by molar-refractivity contribution is 6.30. The first-order valence-electron chi connectivity index (χ1n) is 8.28. The number of halogens is 1. The van der Waals surface area contributed by atoms with Crippen LogP contribution in [0.1, 0.15) is 25.7 Å². The lowest BCUT2D eigenvalue weighted by molar-refractivity contribution is -0.137. The van der Waals surface area contributed by atoms with E-state index in [0.29, 0.717) is 30.1 Å². The normalized spacial score (nSPS) is 10.5. The number of nitrogens with zero attached hydrogens (tertiary/aromatic N) is 2. The van der Waals surface area contributed by atoms with E-state index < -0.39 is 5.97 Å². The lowest BCUT2D eigenvalue weighted by atomic mass is 10.1. The van der Waals surface area contributed by atoms with Crippen molar-refractivity contribution in [2.75, 3.05) is 6.54 Å². The molecule has 0 saturated carbocycles. The molecule has 1 heterocycles. The van der Waals surface area contributed by atoms with Crippen molar-refractivity contribution in [2.45, 2.75) is 32.2 Å². The fourth-order valence-electron chi connectivity index (χ4n) is 2.33. The first-order valence-corrected chi connectivity index (χ1v) is 8.66. The van der Waals surface area contributed by atoms with Crippen LogP contribution < -0.4 is 10.9 Å². The van der Waals surface area contributed by atoms with Gasteiger partial charge in [0.2, 0.25) is 5.91 Å². The second-order valence-electron chi connectivity index (χ2n) is 5.78. The zero-order chi connectivity index (χ0) is 18.9. The number of hydrogen-bond donors (Lipinski definition) is 2. The van der Waals surface area contributed by atoms with E-state index in [9.17, 15) is 14.4 Å². The van der Waals surface area contributed by atoms with E-state index in [4.69, 9.17) is 16.7 Å². The summed E-state index contributed by atoms with van der Waals surface area (Å²) in [5.74, 6) is -1.13. The maximum absolute atomic E-state index is 12.0. The van der Waals surface area contributed by atoms with Gasteiger partial charge >= 0.3 is 5.97 Å². The van der Waals surface area contributed by atoms with Crippen molar-refractivity contribution in [3.63, 3.8) is 0 Å². The zero-order valence-electron chi connectivity index (χ0n) is 14.2. The van der Waals surface area contributed by atoms with Gasteiger partial charge in [-0.15, -0.1) is 0 Å². The fraction of sp³-hybridized carbons (Fsp3) is 0.333. The Hall–Kier alpha value is -2.67. The van der Waals surface area contributed by atoms with Gasteiger partial charge < -0.3 is 10.4 Å². The van der Waals surface area contributed by atoms with E-state index in [2.05, 4.69) is 10.4 Å². The van der Waals surface area contributed by atoms with Crippen LogP contribution in [0.3, 0.4) is 0 Å². The van der Waals surface area contributed by atoms with Gasteiger partial charge in [0.25, 0.3) is 5.56 Å². The molecule has 7 nitrogen and oxygen atoms in total. The SMILES string of the molecule is O=C(O)CCCCCNC(=O)Cn1nc(-c2ccc(Cl)cc2)ccc1=O. The fourth-order valence-corrected chi connectivity index (χ4v) is 2.46. The number of nitrogens with one attached hydrogen (secondary N) is 1. The van der Waals surface area contributed by atoms with Crippen molar-refractivity contribution >= 4 is 23.5 Å². The summed E-state index contributed by atoms with van der Waals surface area (Å²) >= 11 is 5.86. The monoisotopic (exact) mass is 377 g/mol. The number of unbranched alkanes of at least 4 members (excludes halogenated alkanes) is 2. The summed E-state index contributed by atoms with van der Waals surface area (Å²) in [5.41, 5.74) is 1.00. The highest BCUT2D eigenvalue weighted by Gasteiger charge is 2.08. The third kappa shape index (κ3) is 6.33. The van der Waals surface area contributed by atoms with Crippen molar-refractivity contribution in [1.29, 1.82) is 0 Å². The van der Waals surface area contributed by atoms with Gasteiger partial charge in [-0.05, 0) is 31.0 Å². The molecule has 0 radical (unpaired) electrons. The molecule has 0 aliphatic carbocycles. The molecular formula is C18H20ClN3O4. The average Bonchev–Trinajstić information content (AvgIpc) is 2.60. The first-order chi connectivity index (χ1) is 12.5. The molecule has 26 heavy (non-hydrogen) atoms. The second kappa shape index (κ2) is 9.72. The highest BCUT2D eigenvalue weighted by Crippen LogP contribution is 2.18. The molecule has 8 heteroatoms. The van der Waals surface area contributed by atoms with Gasteiger partial charge in [-0.25, -0.2) is 4.68 Å². The Balaban J connectivity index is 1.89. The van der Waals surface area contributed by atoms with E-state index in [1.54, 1.807) is 30.3 Å². The Morgan fingerprint density at radius 3 is 2.50 bits per heavy atom. The van der Waals surface area contributed by atoms with Crippen LogP contribution >= 0.6 is 11.6 Å². The summed E-state index contributed by atoms with van der Waals surface area (Å²) in [6, 6.07) is 10.0. The Labute approximate surface area is 155 Å². The van der Waals surface area contributed by atoms with E-state index in [-0.39, 0.29) is 24.4 Å². The summed E-state index contributed by atoms with van der Waals surface area (Å²) < 4.78 is 1.11. The molecule has 2 aromatic rings. The van der Waals surface area contributed by atoms with Crippen molar-refractivity contribution in [3.05, 3.63) is 51.8 Å². The number of rotatable bonds is 9. The predicted molar refractivity (Wildman–Crippen MR) is 98.1 cm³/mol. The van der Waals surface area contributed by atoms with Gasteiger partial charge in [0.1, 0.15) is 6.54 Å². The van der Waals surface area contributed by atoms with Crippen LogP contribution in [0.15, 0.2) is 41.2 Å². The zero-order valence-corrected chi connectivity index (χ0v) is 14.9. The lowest BCUT2D eigenvalue weighted by Gasteiger charge is -2.08. The molecule has 0 unspecified atom stereocenters. The Morgan fingerprint density at radius 2 is 1.81 bits per heavy atom. The topological polar surface area (TPSA) is 101 Å². The standard InChI is InChI=1S/C18H20ClN3O4/c19-14-7-5-13(6-8-14)15-9-10-17(24)22(21-15)12-16(23)20-11-3-1-2-4-18(25)26/h5-10H,1-4,11-12H2,(H,20,23)(H,25,26). The predicted octanol–water partition coefficient (Wildman–Crippen LogP) is 2.32. The van der Waals surface area contributed by atoms with Crippen LogP contribution in [0, 0.1) is 0 Å². The summed E-state index contributed by atoms with van der Waals surface area (Å²) in [5, 5.41) is 16.1. The number of benzene rings is 1. The summed E-state index contributed by atoms with van der Waals surface area (Å²) in [6.07, 6.45) is 2.11. The molecule has 2 rings (SSSR count). The molecule has 0 fully saturated rings. The molecule has 0 aliphatic heterocycles. The molecule has 0 aliphatic rings. The summed E-state index contributed by atoms with van der Waals surface area (Å²) in [6.45, 7) is 0.263. The third-order valence-electron chi connectivity index (χ3n) is 3.69. The summed E-state index contributed by atoms with van der Waals surface area (Å²) in [4.78, 5) is 34.3. The quantitative estimate of drug-likeness (QED) is 0.653. The number of aromatic nitrogens is 2. The third-order valence-corrected chi connectivity index (χ3v) is 3.94. The van der Waals surface area contributed by atoms with Crippen LogP contribution in [0.2, 0.25) is 5.02 Å². The number of carbonyl (C=O) groups is 2. The minimum Gasteiger partial charge on any atom is -0.481 e. The van der Waals surface area contributed by atoms with Gasteiger partial charge in [0.05, 0.1) is 5.69 Å². The van der Waals surface area contributed by atoms with Crippen LogP contribution in [-0.4, -0.2) is 33.3 Å². The smallest absolute Gasteiger partial charge is 0.303 e. The lowest BCUT2D eigenvalue weighted by Crippen LogP contribution is -2.34. The molecule has 1 aromatic heterocycles. The maximum atomic E-state index is 12.0. The molecule has 0 atom stereocenters. The highest BCUT2D eigenvalue weighted by atomic mass is 35.5. The van der Waals surface area contributed by atoms with Gasteiger partial charge in [-0.1, -0.05) is 30.2 Å². The Kier molecular flexibility index (Phi) is 7.35. The van der Waals surface area contributed by atoms with Crippen molar-refractivity contribution in [2.24, 2.45) is 0 Å². The van der Waals surface area contributed by atoms with Crippen LogP contribution in [0.25, 0.3) is 11.3 Å². The largest absolute Gasteiger partial charge is 0.481 e. The van der Waals surface area contributed by atoms with E-state index in [1.807, 2.05) is 0 Å². The molecule has 2 N–H and O–H groups in total. The van der Waals surface area contributed by atoms with Crippen molar-refractivity contribution < 1.29 is 14.7 Å². The van der Waals surface area contributed by atoms with Gasteiger partial charge in [-0.2, -0.15) is 5.10 Å². The molecular weight excluding hydrogens is 358 g/mol.